The van der Waals surface area contributed by atoms with Crippen LogP contribution in [0, 0.1) is 6.92 Å². The van der Waals surface area contributed by atoms with Gasteiger partial charge in [-0.25, -0.2) is 4.98 Å². The second-order valence-corrected chi connectivity index (χ2v) is 3.88. The average Bonchev–Trinajstić information content (AvgIpc) is 2.80. The summed E-state index contributed by atoms with van der Waals surface area (Å²) in [5.74, 6) is 0.735. The van der Waals surface area contributed by atoms with E-state index in [1.165, 1.54) is 0 Å². The summed E-state index contributed by atoms with van der Waals surface area (Å²) in [5.41, 5.74) is 1.48. The van der Waals surface area contributed by atoms with Gasteiger partial charge in [-0.1, -0.05) is 0 Å². The molecule has 2 aromatic heterocycles. The number of aromatic amines is 1. The molecule has 0 saturated heterocycles. The van der Waals surface area contributed by atoms with Gasteiger partial charge in [0.25, 0.3) is 5.91 Å². The zero-order valence-corrected chi connectivity index (χ0v) is 9.84. The first kappa shape index (κ1) is 11.3. The number of aryl methyl sites for hydroxylation is 1. The number of nitrogens with zero attached hydrogens (tertiary/aromatic N) is 3. The Morgan fingerprint density at radius 3 is 2.88 bits per heavy atom. The van der Waals surface area contributed by atoms with Crippen LogP contribution in [0.4, 0.5) is 0 Å². The number of rotatable bonds is 3. The van der Waals surface area contributed by atoms with E-state index in [-0.39, 0.29) is 5.91 Å². The van der Waals surface area contributed by atoms with E-state index >= 15 is 0 Å². The van der Waals surface area contributed by atoms with Crippen LogP contribution in [0.2, 0.25) is 0 Å². The summed E-state index contributed by atoms with van der Waals surface area (Å²) >= 11 is 0. The van der Waals surface area contributed by atoms with Gasteiger partial charge in [0, 0.05) is 36.9 Å². The second kappa shape index (κ2) is 4.78. The summed E-state index contributed by atoms with van der Waals surface area (Å²) in [4.78, 5) is 24.8. The minimum Gasteiger partial charge on any atom is -0.347 e. The minimum atomic E-state index is -0.0353. The molecule has 0 spiro atoms. The molecular formula is C12H14N4O. The number of pyridine rings is 1. The van der Waals surface area contributed by atoms with E-state index in [9.17, 15) is 4.79 Å². The standard InChI is InChI=1S/C12H14N4O/c1-9-7-10(3-4-13-9)12(17)16(2)8-11-14-5-6-15-11/h3-7H,8H2,1-2H3,(H,14,15). The van der Waals surface area contributed by atoms with Crippen LogP contribution in [-0.4, -0.2) is 32.8 Å². The molecule has 0 atom stereocenters. The van der Waals surface area contributed by atoms with Crippen molar-refractivity contribution in [3.8, 4) is 0 Å². The Labute approximate surface area is 99.5 Å². The second-order valence-electron chi connectivity index (χ2n) is 3.88. The Hall–Kier alpha value is -2.17. The Kier molecular flexibility index (Phi) is 3.18. The number of H-pyrrole nitrogens is 1. The van der Waals surface area contributed by atoms with E-state index in [0.717, 1.165) is 11.5 Å². The molecule has 2 rings (SSSR count). The molecule has 1 N–H and O–H groups in total. The van der Waals surface area contributed by atoms with Crippen molar-refractivity contribution in [2.24, 2.45) is 0 Å². The van der Waals surface area contributed by atoms with Crippen molar-refractivity contribution in [3.63, 3.8) is 0 Å². The first-order valence-electron chi connectivity index (χ1n) is 5.33. The van der Waals surface area contributed by atoms with Crippen molar-refractivity contribution in [2.45, 2.75) is 13.5 Å². The van der Waals surface area contributed by atoms with Crippen LogP contribution in [0.15, 0.2) is 30.7 Å². The first-order valence-corrected chi connectivity index (χ1v) is 5.33. The maximum absolute atomic E-state index is 12.1. The van der Waals surface area contributed by atoms with Crippen molar-refractivity contribution in [2.75, 3.05) is 7.05 Å². The zero-order valence-electron chi connectivity index (χ0n) is 9.84. The molecule has 5 heteroatoms. The monoisotopic (exact) mass is 230 g/mol. The van der Waals surface area contributed by atoms with Crippen molar-refractivity contribution in [1.82, 2.24) is 19.9 Å². The van der Waals surface area contributed by atoms with Gasteiger partial charge in [0.2, 0.25) is 0 Å². The molecule has 1 amide bonds. The normalized spacial score (nSPS) is 10.2. The number of amides is 1. The number of carbonyl (C=O) groups excluding carboxylic acids is 1. The number of nitrogens with one attached hydrogen (secondary N) is 1. The molecule has 2 heterocycles. The van der Waals surface area contributed by atoms with E-state index in [1.807, 2.05) is 6.92 Å². The lowest BCUT2D eigenvalue weighted by Gasteiger charge is -2.15. The highest BCUT2D eigenvalue weighted by atomic mass is 16.2. The molecule has 0 aliphatic rings. The van der Waals surface area contributed by atoms with E-state index in [0.29, 0.717) is 12.1 Å². The molecule has 5 nitrogen and oxygen atoms in total. The van der Waals surface area contributed by atoms with Gasteiger partial charge in [0.1, 0.15) is 5.82 Å². The van der Waals surface area contributed by atoms with Gasteiger partial charge in [-0.05, 0) is 19.1 Å². The summed E-state index contributed by atoms with van der Waals surface area (Å²) in [6.45, 7) is 2.33. The van der Waals surface area contributed by atoms with Crippen molar-refractivity contribution < 1.29 is 4.79 Å². The van der Waals surface area contributed by atoms with Crippen LogP contribution in [0.25, 0.3) is 0 Å². The lowest BCUT2D eigenvalue weighted by atomic mass is 10.2. The molecule has 0 saturated carbocycles. The summed E-state index contributed by atoms with van der Waals surface area (Å²) < 4.78 is 0. The molecule has 2 aromatic rings. The molecule has 17 heavy (non-hydrogen) atoms. The minimum absolute atomic E-state index is 0.0353. The highest BCUT2D eigenvalue weighted by Gasteiger charge is 2.12. The van der Waals surface area contributed by atoms with Crippen LogP contribution in [0.3, 0.4) is 0 Å². The summed E-state index contributed by atoms with van der Waals surface area (Å²) in [7, 11) is 1.75. The molecular weight excluding hydrogens is 216 g/mol. The quantitative estimate of drug-likeness (QED) is 0.866. The Morgan fingerprint density at radius 1 is 1.41 bits per heavy atom. The number of hydrogen-bond donors (Lipinski definition) is 1. The lowest BCUT2D eigenvalue weighted by molar-refractivity contribution is 0.0781. The van der Waals surface area contributed by atoms with Crippen molar-refractivity contribution >= 4 is 5.91 Å². The Morgan fingerprint density at radius 2 is 2.24 bits per heavy atom. The van der Waals surface area contributed by atoms with E-state index in [4.69, 9.17) is 0 Å². The lowest BCUT2D eigenvalue weighted by Crippen LogP contribution is -2.26. The largest absolute Gasteiger partial charge is 0.347 e. The molecule has 0 aliphatic heterocycles. The molecule has 0 radical (unpaired) electrons. The maximum atomic E-state index is 12.1. The first-order chi connectivity index (χ1) is 8.16. The topological polar surface area (TPSA) is 61.9 Å². The van der Waals surface area contributed by atoms with E-state index in [1.54, 1.807) is 42.7 Å². The fourth-order valence-electron chi connectivity index (χ4n) is 1.58. The van der Waals surface area contributed by atoms with Gasteiger partial charge < -0.3 is 9.88 Å². The molecule has 88 valence electrons. The van der Waals surface area contributed by atoms with Gasteiger partial charge >= 0.3 is 0 Å². The zero-order chi connectivity index (χ0) is 12.3. The van der Waals surface area contributed by atoms with Gasteiger partial charge in [0.05, 0.1) is 6.54 Å². The number of aromatic nitrogens is 3. The van der Waals surface area contributed by atoms with Crippen LogP contribution in [0.5, 0.6) is 0 Å². The molecule has 0 bridgehead atoms. The van der Waals surface area contributed by atoms with Crippen LogP contribution in [-0.2, 0) is 6.54 Å². The Bertz CT molecular complexity index is 507. The average molecular weight is 230 g/mol. The van der Waals surface area contributed by atoms with Crippen LogP contribution < -0.4 is 0 Å². The molecule has 0 aliphatic carbocycles. The SMILES string of the molecule is Cc1cc(C(=O)N(C)Cc2ncc[nH]2)ccn1. The Balaban J connectivity index is 2.09. The number of hydrogen-bond acceptors (Lipinski definition) is 3. The third-order valence-corrected chi connectivity index (χ3v) is 2.43. The smallest absolute Gasteiger partial charge is 0.254 e. The summed E-state index contributed by atoms with van der Waals surface area (Å²) in [5, 5.41) is 0. The van der Waals surface area contributed by atoms with Crippen LogP contribution >= 0.6 is 0 Å². The van der Waals surface area contributed by atoms with Gasteiger partial charge in [-0.3, -0.25) is 9.78 Å². The van der Waals surface area contributed by atoms with Gasteiger partial charge in [0.15, 0.2) is 0 Å². The summed E-state index contributed by atoms with van der Waals surface area (Å²) in [6, 6.07) is 3.49. The highest BCUT2D eigenvalue weighted by Crippen LogP contribution is 2.06. The number of imidazole rings is 1. The molecule has 0 aromatic carbocycles. The van der Waals surface area contributed by atoms with Gasteiger partial charge in [-0.15, -0.1) is 0 Å². The van der Waals surface area contributed by atoms with Crippen molar-refractivity contribution in [3.05, 3.63) is 47.8 Å². The predicted molar refractivity (Wildman–Crippen MR) is 63.4 cm³/mol. The van der Waals surface area contributed by atoms with Crippen LogP contribution in [0.1, 0.15) is 21.9 Å². The van der Waals surface area contributed by atoms with E-state index in [2.05, 4.69) is 15.0 Å². The van der Waals surface area contributed by atoms with Crippen molar-refractivity contribution in [1.29, 1.82) is 0 Å². The molecule has 0 unspecified atom stereocenters. The fourth-order valence-corrected chi connectivity index (χ4v) is 1.58. The maximum Gasteiger partial charge on any atom is 0.254 e. The van der Waals surface area contributed by atoms with E-state index < -0.39 is 0 Å². The highest BCUT2D eigenvalue weighted by molar-refractivity contribution is 5.93. The number of carbonyl (C=O) groups is 1. The van der Waals surface area contributed by atoms with Gasteiger partial charge in [-0.2, -0.15) is 0 Å². The molecule has 0 fully saturated rings. The third kappa shape index (κ3) is 2.69. The summed E-state index contributed by atoms with van der Waals surface area (Å²) in [6.07, 6.45) is 5.05. The fraction of sp³-hybridized carbons (Fsp3) is 0.250. The third-order valence-electron chi connectivity index (χ3n) is 2.43. The predicted octanol–water partition coefficient (Wildman–Crippen LogP) is 1.39.